The van der Waals surface area contributed by atoms with Crippen molar-refractivity contribution >= 4 is 17.8 Å². The number of ether oxygens (including phenoxy) is 1. The van der Waals surface area contributed by atoms with E-state index in [4.69, 9.17) is 4.74 Å². The van der Waals surface area contributed by atoms with Crippen LogP contribution in [-0.2, 0) is 16.8 Å². The number of nitrogens with one attached hydrogen (secondary N) is 2. The number of ketones is 1. The Morgan fingerprint density at radius 2 is 1.39 bits per heavy atom. The second kappa shape index (κ2) is 14.4. The number of amides is 2. The first kappa shape index (κ1) is 34.1. The van der Waals surface area contributed by atoms with Gasteiger partial charge in [0.1, 0.15) is 5.60 Å². The highest BCUT2D eigenvalue weighted by Crippen LogP contribution is 2.35. The number of hydrogen-bond donors (Lipinski definition) is 2. The molecular formula is C39H46N6O4. The van der Waals surface area contributed by atoms with E-state index in [0.29, 0.717) is 42.6 Å². The third kappa shape index (κ3) is 8.26. The quantitative estimate of drug-likeness (QED) is 0.233. The molecule has 49 heavy (non-hydrogen) atoms. The van der Waals surface area contributed by atoms with Gasteiger partial charge in [0.25, 0.3) is 5.91 Å². The lowest BCUT2D eigenvalue weighted by molar-refractivity contribution is 0.0145. The van der Waals surface area contributed by atoms with Crippen LogP contribution in [0.4, 0.5) is 4.79 Å². The molecule has 2 N–H and O–H groups in total. The normalized spacial score (nSPS) is 17.0. The summed E-state index contributed by atoms with van der Waals surface area (Å²) >= 11 is 0. The average molecular weight is 663 g/mol. The summed E-state index contributed by atoms with van der Waals surface area (Å²) in [5, 5.41) is 10.2. The highest BCUT2D eigenvalue weighted by Gasteiger charge is 2.40. The Morgan fingerprint density at radius 3 is 1.96 bits per heavy atom. The molecule has 10 nitrogen and oxygen atoms in total. The number of piperidine rings is 1. The van der Waals surface area contributed by atoms with Crippen molar-refractivity contribution in [1.29, 1.82) is 0 Å². The van der Waals surface area contributed by atoms with E-state index in [9.17, 15) is 14.4 Å². The lowest BCUT2D eigenvalue weighted by Crippen LogP contribution is -2.54. The minimum absolute atomic E-state index is 0.0817. The summed E-state index contributed by atoms with van der Waals surface area (Å²) in [7, 11) is 2.15. The molecule has 0 saturated carbocycles. The standard InChI is InChI=1S/C39H46N6O4/c1-38(2,3)49-37(48)45-19-17-39(18-20-45,34-15-13-29(14-16-34)33-25-40-41-26-33)42-36(47)32-11-9-31(10-12-32)35(46)30-7-5-28(6-8-30)27-44-23-21-43(4)22-24-44/h5-16,25-26H,17-24,27H2,1-4H3,(H,40,41)(H,42,47). The van der Waals surface area contributed by atoms with Crippen LogP contribution in [-0.4, -0.2) is 94.6 Å². The molecule has 2 aliphatic heterocycles. The maximum Gasteiger partial charge on any atom is 0.410 e. The molecule has 2 fully saturated rings. The zero-order chi connectivity index (χ0) is 34.6. The van der Waals surface area contributed by atoms with Gasteiger partial charge in [-0.3, -0.25) is 19.6 Å². The van der Waals surface area contributed by atoms with Gasteiger partial charge in [-0.15, -0.1) is 0 Å². The van der Waals surface area contributed by atoms with Gasteiger partial charge in [0, 0.05) is 74.3 Å². The number of piperazine rings is 1. The number of likely N-dealkylation sites (tertiary alicyclic amines) is 1. The molecule has 3 heterocycles. The molecule has 4 aromatic rings. The van der Waals surface area contributed by atoms with Crippen LogP contribution in [0.5, 0.6) is 0 Å². The maximum absolute atomic E-state index is 13.8. The van der Waals surface area contributed by atoms with E-state index >= 15 is 0 Å². The highest BCUT2D eigenvalue weighted by molar-refractivity contribution is 6.09. The van der Waals surface area contributed by atoms with Gasteiger partial charge in [-0.2, -0.15) is 5.10 Å². The molecule has 0 aliphatic carbocycles. The molecule has 6 rings (SSSR count). The fourth-order valence-corrected chi connectivity index (χ4v) is 6.53. The lowest BCUT2D eigenvalue weighted by atomic mass is 9.80. The second-order valence-electron chi connectivity index (χ2n) is 14.3. The first-order chi connectivity index (χ1) is 23.5. The van der Waals surface area contributed by atoms with Crippen molar-refractivity contribution in [1.82, 2.24) is 30.2 Å². The van der Waals surface area contributed by atoms with Crippen LogP contribution in [0.2, 0.25) is 0 Å². The van der Waals surface area contributed by atoms with E-state index < -0.39 is 11.1 Å². The van der Waals surface area contributed by atoms with Gasteiger partial charge in [-0.25, -0.2) is 4.79 Å². The second-order valence-corrected chi connectivity index (χ2v) is 14.3. The first-order valence-corrected chi connectivity index (χ1v) is 17.0. The molecule has 0 radical (unpaired) electrons. The molecular weight excluding hydrogens is 616 g/mol. The third-order valence-electron chi connectivity index (χ3n) is 9.52. The lowest BCUT2D eigenvalue weighted by Gasteiger charge is -2.43. The Bertz CT molecular complexity index is 1730. The van der Waals surface area contributed by atoms with Crippen LogP contribution < -0.4 is 5.32 Å². The van der Waals surface area contributed by atoms with Gasteiger partial charge in [-0.1, -0.05) is 60.7 Å². The van der Waals surface area contributed by atoms with Gasteiger partial charge < -0.3 is 19.9 Å². The van der Waals surface area contributed by atoms with Crippen molar-refractivity contribution in [3.8, 4) is 11.1 Å². The molecule has 0 atom stereocenters. The van der Waals surface area contributed by atoms with Crippen LogP contribution in [0.25, 0.3) is 11.1 Å². The van der Waals surface area contributed by atoms with Crippen molar-refractivity contribution in [3.63, 3.8) is 0 Å². The van der Waals surface area contributed by atoms with Crippen LogP contribution in [0.1, 0.15) is 71.0 Å². The van der Waals surface area contributed by atoms with Crippen molar-refractivity contribution in [2.75, 3.05) is 46.3 Å². The zero-order valence-electron chi connectivity index (χ0n) is 28.9. The molecule has 3 aromatic carbocycles. The first-order valence-electron chi connectivity index (χ1n) is 17.0. The Morgan fingerprint density at radius 1 is 0.796 bits per heavy atom. The molecule has 2 amide bonds. The SMILES string of the molecule is CN1CCN(Cc2ccc(C(=O)c3ccc(C(=O)NC4(c5ccc(-c6cn[nH]c6)cc5)CCN(C(=O)OC(C)(C)C)CC4)cc3)cc2)CC1. The van der Waals surface area contributed by atoms with Gasteiger partial charge >= 0.3 is 6.09 Å². The Labute approximate surface area is 288 Å². The van der Waals surface area contributed by atoms with Gasteiger partial charge in [0.2, 0.25) is 0 Å². The van der Waals surface area contributed by atoms with Gasteiger partial charge in [0.15, 0.2) is 5.78 Å². The maximum atomic E-state index is 13.8. The van der Waals surface area contributed by atoms with Crippen molar-refractivity contribution in [3.05, 3.63) is 113 Å². The summed E-state index contributed by atoms with van der Waals surface area (Å²) in [6.45, 7) is 11.5. The number of aromatic nitrogens is 2. The number of likely N-dealkylation sites (N-methyl/N-ethyl adjacent to an activating group) is 1. The van der Waals surface area contributed by atoms with Crippen molar-refractivity contribution in [2.24, 2.45) is 0 Å². The Hall–Kier alpha value is -4.80. The molecule has 10 heteroatoms. The van der Waals surface area contributed by atoms with Crippen LogP contribution in [0.15, 0.2) is 85.2 Å². The number of benzene rings is 3. The Balaban J connectivity index is 1.14. The van der Waals surface area contributed by atoms with Crippen molar-refractivity contribution in [2.45, 2.75) is 51.3 Å². The third-order valence-corrected chi connectivity index (χ3v) is 9.52. The number of carbonyl (C=O) groups is 3. The molecule has 2 saturated heterocycles. The average Bonchev–Trinajstić information content (AvgIpc) is 3.64. The fraction of sp³-hybridized carbons (Fsp3) is 0.385. The summed E-state index contributed by atoms with van der Waals surface area (Å²) in [5.74, 6) is -0.321. The molecule has 1 aromatic heterocycles. The summed E-state index contributed by atoms with van der Waals surface area (Å²) in [5.41, 5.74) is 4.44. The number of nitrogens with zero attached hydrogens (tertiary/aromatic N) is 4. The molecule has 256 valence electrons. The highest BCUT2D eigenvalue weighted by atomic mass is 16.6. The van der Waals surface area contributed by atoms with Gasteiger partial charge in [-0.05, 0) is 69.5 Å². The number of aromatic amines is 1. The van der Waals surface area contributed by atoms with E-state index in [1.54, 1.807) is 35.4 Å². The van der Waals surface area contributed by atoms with E-state index in [0.717, 1.165) is 49.4 Å². The smallest absolute Gasteiger partial charge is 0.410 e. The molecule has 0 bridgehead atoms. The number of H-pyrrole nitrogens is 1. The number of hydrogen-bond acceptors (Lipinski definition) is 7. The number of carbonyl (C=O) groups excluding carboxylic acids is 3. The van der Waals surface area contributed by atoms with Crippen LogP contribution >= 0.6 is 0 Å². The molecule has 2 aliphatic rings. The van der Waals surface area contributed by atoms with Crippen LogP contribution in [0.3, 0.4) is 0 Å². The largest absolute Gasteiger partial charge is 0.444 e. The van der Waals surface area contributed by atoms with Gasteiger partial charge in [0.05, 0.1) is 11.7 Å². The fourth-order valence-electron chi connectivity index (χ4n) is 6.53. The summed E-state index contributed by atoms with van der Waals surface area (Å²) in [4.78, 5) is 46.5. The van der Waals surface area contributed by atoms with E-state index in [2.05, 4.69) is 32.4 Å². The molecule has 0 spiro atoms. The molecule has 0 unspecified atom stereocenters. The van der Waals surface area contributed by atoms with E-state index in [1.807, 2.05) is 75.5 Å². The monoisotopic (exact) mass is 662 g/mol. The number of rotatable bonds is 8. The summed E-state index contributed by atoms with van der Waals surface area (Å²) in [6, 6.07) is 22.8. The zero-order valence-corrected chi connectivity index (χ0v) is 28.9. The summed E-state index contributed by atoms with van der Waals surface area (Å²) in [6.07, 6.45) is 4.29. The van der Waals surface area contributed by atoms with E-state index in [1.165, 1.54) is 5.56 Å². The minimum atomic E-state index is -0.703. The predicted molar refractivity (Wildman–Crippen MR) is 189 cm³/mol. The van der Waals surface area contributed by atoms with Crippen molar-refractivity contribution < 1.29 is 19.1 Å². The summed E-state index contributed by atoms with van der Waals surface area (Å²) < 4.78 is 5.62. The topological polar surface area (TPSA) is 111 Å². The van der Waals surface area contributed by atoms with E-state index in [-0.39, 0.29) is 17.8 Å². The van der Waals surface area contributed by atoms with Crippen LogP contribution in [0, 0.1) is 0 Å². The Kier molecular flexibility index (Phi) is 9.99. The predicted octanol–water partition coefficient (Wildman–Crippen LogP) is 5.71. The minimum Gasteiger partial charge on any atom is -0.444 e.